The third-order valence-electron chi connectivity index (χ3n) is 2.86. The first kappa shape index (κ1) is 27.4. The molecule has 2 unspecified atom stereocenters. The molecule has 0 aliphatic rings. The monoisotopic (exact) mass is 395 g/mol. The highest BCUT2D eigenvalue weighted by Gasteiger charge is 2.18. The lowest BCUT2D eigenvalue weighted by Crippen LogP contribution is -2.32. The van der Waals surface area contributed by atoms with Crippen molar-refractivity contribution in [3.63, 3.8) is 0 Å². The van der Waals surface area contributed by atoms with Gasteiger partial charge in [-0.05, 0) is 18.3 Å². The van der Waals surface area contributed by atoms with Crippen LogP contribution in [0, 0.1) is 11.8 Å². The first-order chi connectivity index (χ1) is 12.1. The molecule has 26 heavy (non-hydrogen) atoms. The summed E-state index contributed by atoms with van der Waals surface area (Å²) in [4.78, 5) is 22.7. The number of carbonyl (C=O) groups excluding carboxylic acids is 2. The Labute approximate surface area is 163 Å². The van der Waals surface area contributed by atoms with Crippen LogP contribution >= 0.6 is 12.6 Å². The summed E-state index contributed by atoms with van der Waals surface area (Å²) in [5.41, 5.74) is 0. The molecule has 0 spiro atoms. The molecule has 3 N–H and O–H groups in total. The van der Waals surface area contributed by atoms with Crippen LogP contribution in [0.3, 0.4) is 0 Å². The Balaban J connectivity index is 0. The predicted molar refractivity (Wildman–Crippen MR) is 105 cm³/mol. The molecule has 0 aliphatic heterocycles. The van der Waals surface area contributed by atoms with Crippen LogP contribution in [0.1, 0.15) is 53.9 Å². The number of aliphatic hydroxyl groups excluding tert-OH is 2. The molecule has 0 rings (SSSR count). The Morgan fingerprint density at radius 1 is 1.12 bits per heavy atom. The molecule has 0 aliphatic carbocycles. The van der Waals surface area contributed by atoms with Crippen LogP contribution in [0.4, 0.5) is 0 Å². The van der Waals surface area contributed by atoms with Gasteiger partial charge >= 0.3 is 5.97 Å². The Morgan fingerprint density at radius 3 is 2.15 bits per heavy atom. The number of amides is 1. The van der Waals surface area contributed by atoms with E-state index in [2.05, 4.69) is 38.7 Å². The van der Waals surface area contributed by atoms with Gasteiger partial charge in [-0.3, -0.25) is 9.59 Å². The number of hydrogen-bond acceptors (Lipinski definition) is 7. The van der Waals surface area contributed by atoms with Crippen molar-refractivity contribution in [1.29, 1.82) is 0 Å². The van der Waals surface area contributed by atoms with Gasteiger partial charge in [0, 0.05) is 25.1 Å². The van der Waals surface area contributed by atoms with Gasteiger partial charge in [0.05, 0.1) is 12.7 Å². The van der Waals surface area contributed by atoms with Crippen LogP contribution in [0.5, 0.6) is 0 Å². The number of hydrogen-bond donors (Lipinski definition) is 4. The van der Waals surface area contributed by atoms with Crippen LogP contribution in [-0.2, 0) is 19.1 Å². The number of aliphatic hydroxyl groups is 2. The van der Waals surface area contributed by atoms with E-state index in [1.54, 1.807) is 0 Å². The van der Waals surface area contributed by atoms with Gasteiger partial charge in [-0.25, -0.2) is 0 Å². The average molecular weight is 396 g/mol. The molecule has 8 heteroatoms. The smallest absolute Gasteiger partial charge is 0.305 e. The Bertz CT molecular complexity index is 363. The second-order valence-corrected chi connectivity index (χ2v) is 7.35. The van der Waals surface area contributed by atoms with Crippen LogP contribution < -0.4 is 5.32 Å². The highest BCUT2D eigenvalue weighted by Crippen LogP contribution is 2.08. The van der Waals surface area contributed by atoms with E-state index in [1.807, 2.05) is 13.8 Å². The summed E-state index contributed by atoms with van der Waals surface area (Å²) in [6.07, 6.45) is -1.08. The summed E-state index contributed by atoms with van der Waals surface area (Å²) in [7, 11) is 0. The largest absolute Gasteiger partial charge is 0.460 e. The van der Waals surface area contributed by atoms with E-state index >= 15 is 0 Å². The maximum absolute atomic E-state index is 11.5. The number of rotatable bonds is 12. The van der Waals surface area contributed by atoms with Gasteiger partial charge in [0.25, 0.3) is 0 Å². The quantitative estimate of drug-likeness (QED) is 0.228. The maximum Gasteiger partial charge on any atom is 0.305 e. The molecular weight excluding hydrogens is 358 g/mol. The van der Waals surface area contributed by atoms with Crippen LogP contribution in [0.2, 0.25) is 0 Å². The number of esters is 1. The van der Waals surface area contributed by atoms with E-state index in [4.69, 9.17) is 14.6 Å². The molecule has 1 amide bonds. The minimum absolute atomic E-state index is 0.0334. The van der Waals surface area contributed by atoms with Gasteiger partial charge in [0.1, 0.15) is 6.61 Å². The van der Waals surface area contributed by atoms with E-state index < -0.39 is 18.4 Å². The van der Waals surface area contributed by atoms with E-state index in [0.29, 0.717) is 18.7 Å². The molecule has 0 aromatic rings. The minimum Gasteiger partial charge on any atom is -0.460 e. The maximum atomic E-state index is 11.5. The van der Waals surface area contributed by atoms with Crippen LogP contribution in [0.25, 0.3) is 0 Å². The summed E-state index contributed by atoms with van der Waals surface area (Å²) in [6, 6.07) is 0. The first-order valence-corrected chi connectivity index (χ1v) is 9.74. The Kier molecular flexibility index (Phi) is 18.5. The number of thiol groups is 1. The Hall–Kier alpha value is -0.830. The van der Waals surface area contributed by atoms with Gasteiger partial charge in [-0.15, -0.1) is 0 Å². The fourth-order valence-corrected chi connectivity index (χ4v) is 1.68. The molecule has 0 aromatic carbocycles. The van der Waals surface area contributed by atoms with Crippen molar-refractivity contribution in [1.82, 2.24) is 5.32 Å². The van der Waals surface area contributed by atoms with E-state index in [0.717, 1.165) is 5.92 Å². The second kappa shape index (κ2) is 17.6. The average Bonchev–Trinajstić information content (AvgIpc) is 2.55. The molecule has 2 atom stereocenters. The molecule has 0 heterocycles. The molecule has 7 nitrogen and oxygen atoms in total. The van der Waals surface area contributed by atoms with Crippen LogP contribution in [-0.4, -0.2) is 60.0 Å². The normalized spacial score (nSPS) is 13.0. The zero-order chi connectivity index (χ0) is 20.5. The molecule has 0 bridgehead atoms. The van der Waals surface area contributed by atoms with Gasteiger partial charge < -0.3 is 25.0 Å². The fraction of sp³-hybridized carbons (Fsp3) is 0.889. The molecule has 0 saturated heterocycles. The standard InChI is InChI=1S/C14H27NO6S.C4H10/c1-10(2)11(8-16)21-14(19)9-20-13(18)5-3-4-12(17)15-6-7-22;1-4(2)3/h10-11,14,16,19,22H,3-9H2,1-2H3,(H,15,17);4H,1-3H3. The predicted octanol–water partition coefficient (Wildman–Crippen LogP) is 1.76. The van der Waals surface area contributed by atoms with Crippen molar-refractivity contribution < 1.29 is 29.3 Å². The van der Waals surface area contributed by atoms with Gasteiger partial charge in [0.15, 0.2) is 6.29 Å². The molecular formula is C18H37NO6S. The van der Waals surface area contributed by atoms with Gasteiger partial charge in [-0.2, -0.15) is 12.6 Å². The van der Waals surface area contributed by atoms with Crippen molar-refractivity contribution in [2.24, 2.45) is 11.8 Å². The lowest BCUT2D eigenvalue weighted by atomic mass is 10.1. The molecule has 0 aromatic heterocycles. The van der Waals surface area contributed by atoms with E-state index in [-0.39, 0.29) is 37.9 Å². The highest BCUT2D eigenvalue weighted by atomic mass is 32.1. The number of ether oxygens (including phenoxy) is 2. The van der Waals surface area contributed by atoms with Crippen LogP contribution in [0.15, 0.2) is 0 Å². The van der Waals surface area contributed by atoms with Crippen molar-refractivity contribution in [3.8, 4) is 0 Å². The lowest BCUT2D eigenvalue weighted by Gasteiger charge is -2.22. The second-order valence-electron chi connectivity index (χ2n) is 6.90. The van der Waals surface area contributed by atoms with E-state index in [9.17, 15) is 14.7 Å². The zero-order valence-corrected chi connectivity index (χ0v) is 17.6. The third kappa shape index (κ3) is 19.5. The lowest BCUT2D eigenvalue weighted by molar-refractivity contribution is -0.190. The SMILES string of the molecule is CC(C)C.CC(C)C(CO)OC(O)COC(=O)CCCC(=O)NCCS. The van der Waals surface area contributed by atoms with Crippen molar-refractivity contribution in [2.75, 3.05) is 25.5 Å². The van der Waals surface area contributed by atoms with Gasteiger partial charge in [0.2, 0.25) is 5.91 Å². The number of nitrogens with one attached hydrogen (secondary N) is 1. The summed E-state index contributed by atoms with van der Waals surface area (Å²) < 4.78 is 10.0. The van der Waals surface area contributed by atoms with Gasteiger partial charge in [-0.1, -0.05) is 34.6 Å². The third-order valence-corrected chi connectivity index (χ3v) is 3.08. The summed E-state index contributed by atoms with van der Waals surface area (Å²) >= 11 is 3.97. The zero-order valence-electron chi connectivity index (χ0n) is 16.7. The molecule has 0 saturated carbocycles. The summed E-state index contributed by atoms with van der Waals surface area (Å²) in [5.74, 6) is 0.797. The minimum atomic E-state index is -1.28. The first-order valence-electron chi connectivity index (χ1n) is 9.11. The molecule has 0 radical (unpaired) electrons. The van der Waals surface area contributed by atoms with Crippen molar-refractivity contribution in [3.05, 3.63) is 0 Å². The van der Waals surface area contributed by atoms with Crippen molar-refractivity contribution in [2.45, 2.75) is 66.3 Å². The fourth-order valence-electron chi connectivity index (χ4n) is 1.57. The Morgan fingerprint density at radius 2 is 1.69 bits per heavy atom. The topological polar surface area (TPSA) is 105 Å². The highest BCUT2D eigenvalue weighted by molar-refractivity contribution is 7.80. The molecule has 156 valence electrons. The van der Waals surface area contributed by atoms with Crippen molar-refractivity contribution >= 4 is 24.5 Å². The summed E-state index contributed by atoms with van der Waals surface area (Å²) in [6.45, 7) is 10.2. The summed E-state index contributed by atoms with van der Waals surface area (Å²) in [5, 5.41) is 21.3. The number of carbonyl (C=O) groups is 2. The van der Waals surface area contributed by atoms with E-state index in [1.165, 1.54) is 0 Å². The molecule has 0 fully saturated rings.